The summed E-state index contributed by atoms with van der Waals surface area (Å²) in [6, 6.07) is 3.87. The summed E-state index contributed by atoms with van der Waals surface area (Å²) in [5.41, 5.74) is 2.97. The van der Waals surface area contributed by atoms with E-state index < -0.39 is 0 Å². The van der Waals surface area contributed by atoms with Crippen molar-refractivity contribution < 1.29 is 14.3 Å². The summed E-state index contributed by atoms with van der Waals surface area (Å²) in [5.74, 6) is 1.40. The Bertz CT molecular complexity index is 492. The standard InChI is InChI=1S/C13H13BrO3/c1-16-11-5-8-3-4-9(7-15)13(14)10(8)6-12(11)17-2/h5-7H,3-4H2,1-2H3. The second kappa shape index (κ2) is 4.92. The third-order valence-corrected chi connectivity index (χ3v) is 3.87. The van der Waals surface area contributed by atoms with Gasteiger partial charge in [-0.1, -0.05) is 0 Å². The molecule has 0 saturated heterocycles. The van der Waals surface area contributed by atoms with Crippen molar-refractivity contribution in [3.8, 4) is 11.5 Å². The molecule has 1 aromatic rings. The van der Waals surface area contributed by atoms with Crippen molar-refractivity contribution in [2.45, 2.75) is 12.8 Å². The van der Waals surface area contributed by atoms with E-state index in [1.54, 1.807) is 14.2 Å². The summed E-state index contributed by atoms with van der Waals surface area (Å²) in [6.07, 6.45) is 2.51. The second-order valence-corrected chi connectivity index (χ2v) is 4.61. The molecule has 0 bridgehead atoms. The number of aryl methyl sites for hydroxylation is 1. The fourth-order valence-corrected chi connectivity index (χ4v) is 2.66. The van der Waals surface area contributed by atoms with E-state index in [4.69, 9.17) is 9.47 Å². The maximum absolute atomic E-state index is 10.9. The first-order valence-corrected chi connectivity index (χ1v) is 6.09. The number of benzene rings is 1. The van der Waals surface area contributed by atoms with Gasteiger partial charge in [-0.25, -0.2) is 0 Å². The number of hydrogen-bond acceptors (Lipinski definition) is 3. The van der Waals surface area contributed by atoms with E-state index in [1.165, 1.54) is 5.56 Å². The van der Waals surface area contributed by atoms with Crippen LogP contribution in [0.15, 0.2) is 17.7 Å². The Kier molecular flexibility index (Phi) is 3.52. The van der Waals surface area contributed by atoms with Crippen LogP contribution in [-0.2, 0) is 11.2 Å². The van der Waals surface area contributed by atoms with Gasteiger partial charge in [0.1, 0.15) is 6.29 Å². The summed E-state index contributed by atoms with van der Waals surface area (Å²) >= 11 is 3.48. The maximum Gasteiger partial charge on any atom is 0.161 e. The number of methoxy groups -OCH3 is 2. The molecule has 4 heteroatoms. The van der Waals surface area contributed by atoms with Crippen LogP contribution < -0.4 is 9.47 Å². The number of rotatable bonds is 3. The third kappa shape index (κ3) is 2.09. The summed E-state index contributed by atoms with van der Waals surface area (Å²) < 4.78 is 11.4. The second-order valence-electron chi connectivity index (χ2n) is 3.82. The fourth-order valence-electron chi connectivity index (χ4n) is 1.99. The summed E-state index contributed by atoms with van der Waals surface area (Å²) in [4.78, 5) is 10.9. The Balaban J connectivity index is 2.59. The van der Waals surface area contributed by atoms with Crippen molar-refractivity contribution in [3.63, 3.8) is 0 Å². The Morgan fingerprint density at radius 2 is 1.82 bits per heavy atom. The molecule has 0 heterocycles. The van der Waals surface area contributed by atoms with Gasteiger partial charge in [0.15, 0.2) is 11.5 Å². The SMILES string of the molecule is COc1cc2c(cc1OC)C(Br)=C(C=O)CC2. The molecule has 1 aromatic carbocycles. The Morgan fingerprint density at radius 1 is 1.18 bits per heavy atom. The van der Waals surface area contributed by atoms with E-state index in [-0.39, 0.29) is 0 Å². The number of ether oxygens (including phenoxy) is 2. The van der Waals surface area contributed by atoms with Crippen molar-refractivity contribution in [1.82, 2.24) is 0 Å². The molecule has 0 radical (unpaired) electrons. The molecule has 0 aliphatic heterocycles. The highest BCUT2D eigenvalue weighted by atomic mass is 79.9. The Morgan fingerprint density at radius 3 is 2.41 bits per heavy atom. The lowest BCUT2D eigenvalue weighted by atomic mass is 9.92. The zero-order chi connectivity index (χ0) is 12.4. The highest BCUT2D eigenvalue weighted by Gasteiger charge is 2.19. The van der Waals surface area contributed by atoms with Crippen LogP contribution in [0.1, 0.15) is 17.5 Å². The number of hydrogen-bond donors (Lipinski definition) is 0. The number of aldehydes is 1. The fraction of sp³-hybridized carbons (Fsp3) is 0.308. The number of carbonyl (C=O) groups is 1. The maximum atomic E-state index is 10.9. The molecular weight excluding hydrogens is 284 g/mol. The van der Waals surface area contributed by atoms with E-state index >= 15 is 0 Å². The van der Waals surface area contributed by atoms with Crippen molar-refractivity contribution in [3.05, 3.63) is 28.8 Å². The van der Waals surface area contributed by atoms with Crippen LogP contribution in [0.4, 0.5) is 0 Å². The number of allylic oxidation sites excluding steroid dienone is 1. The highest BCUT2D eigenvalue weighted by Crippen LogP contribution is 2.40. The van der Waals surface area contributed by atoms with Crippen LogP contribution in [0.25, 0.3) is 4.48 Å². The van der Waals surface area contributed by atoms with Gasteiger partial charge in [0, 0.05) is 10.1 Å². The van der Waals surface area contributed by atoms with Crippen molar-refractivity contribution in [2.24, 2.45) is 0 Å². The molecule has 17 heavy (non-hydrogen) atoms. The minimum Gasteiger partial charge on any atom is -0.493 e. The van der Waals surface area contributed by atoms with Crippen LogP contribution >= 0.6 is 15.9 Å². The monoisotopic (exact) mass is 296 g/mol. The Hall–Kier alpha value is -1.29. The molecule has 0 unspecified atom stereocenters. The molecule has 1 aliphatic rings. The number of fused-ring (bicyclic) bond motifs is 1. The lowest BCUT2D eigenvalue weighted by molar-refractivity contribution is -0.105. The Labute approximate surface area is 109 Å². The first-order chi connectivity index (χ1) is 8.21. The van der Waals surface area contributed by atoms with E-state index in [0.717, 1.165) is 40.5 Å². The largest absolute Gasteiger partial charge is 0.493 e. The van der Waals surface area contributed by atoms with E-state index in [9.17, 15) is 4.79 Å². The first kappa shape index (κ1) is 12.2. The minimum atomic E-state index is 0.676. The number of carbonyl (C=O) groups excluding carboxylic acids is 1. The average Bonchev–Trinajstić information content (AvgIpc) is 2.38. The van der Waals surface area contributed by atoms with Gasteiger partial charge in [-0.05, 0) is 52.0 Å². The van der Waals surface area contributed by atoms with Crippen LogP contribution in [0, 0.1) is 0 Å². The van der Waals surface area contributed by atoms with Crippen LogP contribution in [0.5, 0.6) is 11.5 Å². The van der Waals surface area contributed by atoms with Gasteiger partial charge in [-0.2, -0.15) is 0 Å². The topological polar surface area (TPSA) is 35.5 Å². The zero-order valence-corrected chi connectivity index (χ0v) is 11.3. The molecule has 0 atom stereocenters. The lowest BCUT2D eigenvalue weighted by Gasteiger charge is -2.19. The molecular formula is C13H13BrO3. The van der Waals surface area contributed by atoms with Crippen molar-refractivity contribution in [1.29, 1.82) is 0 Å². The summed E-state index contributed by atoms with van der Waals surface area (Å²) in [7, 11) is 3.22. The summed E-state index contributed by atoms with van der Waals surface area (Å²) in [6.45, 7) is 0. The normalized spacial score (nSPS) is 14.3. The van der Waals surface area contributed by atoms with Gasteiger partial charge in [-0.3, -0.25) is 4.79 Å². The van der Waals surface area contributed by atoms with E-state index in [2.05, 4.69) is 15.9 Å². The first-order valence-electron chi connectivity index (χ1n) is 5.30. The lowest BCUT2D eigenvalue weighted by Crippen LogP contribution is -2.04. The van der Waals surface area contributed by atoms with Gasteiger partial charge in [0.25, 0.3) is 0 Å². The molecule has 90 valence electrons. The highest BCUT2D eigenvalue weighted by molar-refractivity contribution is 9.15. The molecule has 0 saturated carbocycles. The zero-order valence-electron chi connectivity index (χ0n) is 9.75. The van der Waals surface area contributed by atoms with Crippen LogP contribution in [0.2, 0.25) is 0 Å². The van der Waals surface area contributed by atoms with E-state index in [0.29, 0.717) is 5.75 Å². The smallest absolute Gasteiger partial charge is 0.161 e. The van der Waals surface area contributed by atoms with Gasteiger partial charge in [0.2, 0.25) is 0 Å². The predicted molar refractivity (Wildman–Crippen MR) is 69.8 cm³/mol. The van der Waals surface area contributed by atoms with Crippen molar-refractivity contribution in [2.75, 3.05) is 14.2 Å². The minimum absolute atomic E-state index is 0.676. The number of halogens is 1. The molecule has 0 fully saturated rings. The van der Waals surface area contributed by atoms with Crippen molar-refractivity contribution >= 4 is 26.7 Å². The molecule has 2 rings (SSSR count). The average molecular weight is 297 g/mol. The molecule has 0 aromatic heterocycles. The van der Waals surface area contributed by atoms with Crippen LogP contribution in [0.3, 0.4) is 0 Å². The molecule has 0 N–H and O–H groups in total. The molecule has 0 spiro atoms. The quantitative estimate of drug-likeness (QED) is 0.805. The molecule has 3 nitrogen and oxygen atoms in total. The van der Waals surface area contributed by atoms with Gasteiger partial charge in [-0.15, -0.1) is 0 Å². The van der Waals surface area contributed by atoms with Crippen LogP contribution in [-0.4, -0.2) is 20.5 Å². The van der Waals surface area contributed by atoms with Gasteiger partial charge >= 0.3 is 0 Å². The van der Waals surface area contributed by atoms with E-state index in [1.807, 2.05) is 12.1 Å². The molecule has 1 aliphatic carbocycles. The molecule has 0 amide bonds. The summed E-state index contributed by atoms with van der Waals surface area (Å²) in [5, 5.41) is 0. The van der Waals surface area contributed by atoms with Gasteiger partial charge < -0.3 is 9.47 Å². The predicted octanol–water partition coefficient (Wildman–Crippen LogP) is 2.95. The van der Waals surface area contributed by atoms with Gasteiger partial charge in [0.05, 0.1) is 14.2 Å². The third-order valence-electron chi connectivity index (χ3n) is 2.93.